The van der Waals surface area contributed by atoms with Crippen LogP contribution in [0.2, 0.25) is 0 Å². The van der Waals surface area contributed by atoms with Crippen molar-refractivity contribution >= 4 is 23.2 Å². The van der Waals surface area contributed by atoms with Crippen LogP contribution in [0.5, 0.6) is 5.75 Å². The number of nitrogens with two attached hydrogens (primary N) is 1. The Morgan fingerprint density at radius 3 is 2.34 bits per heavy atom. The monoisotopic (exact) mass is 442 g/mol. The van der Waals surface area contributed by atoms with Gasteiger partial charge in [0.25, 0.3) is 5.91 Å². The number of carbonyl (C=O) groups is 3. The first-order chi connectivity index (χ1) is 14.7. The van der Waals surface area contributed by atoms with Crippen LogP contribution >= 0.6 is 0 Å². The number of primary amides is 1. The van der Waals surface area contributed by atoms with E-state index in [2.05, 4.69) is 0 Å². The Bertz CT molecular complexity index is 1170. The number of phenols is 1. The van der Waals surface area contributed by atoms with Gasteiger partial charge in [0.1, 0.15) is 22.8 Å². The Hall–Kier alpha value is -3.17. The smallest absolute Gasteiger partial charge is 0.255 e. The average molecular weight is 442 g/mol. The van der Waals surface area contributed by atoms with Crippen LogP contribution in [0, 0.1) is 10.8 Å². The summed E-state index contributed by atoms with van der Waals surface area (Å²) in [5.74, 6) is -4.92. The lowest BCUT2D eigenvalue weighted by Gasteiger charge is -2.59. The third-order valence-corrected chi connectivity index (χ3v) is 7.37. The highest BCUT2D eigenvalue weighted by atomic mass is 16.3. The van der Waals surface area contributed by atoms with Gasteiger partial charge >= 0.3 is 0 Å². The molecule has 0 aliphatic heterocycles. The largest absolute Gasteiger partial charge is 0.508 e. The summed E-state index contributed by atoms with van der Waals surface area (Å²) in [6.07, 6.45) is 0.260. The molecule has 0 spiro atoms. The highest BCUT2D eigenvalue weighted by Gasteiger charge is 2.72. The molecule has 170 valence electrons. The maximum absolute atomic E-state index is 13.9. The molecule has 3 aliphatic rings. The van der Waals surface area contributed by atoms with Gasteiger partial charge in [0, 0.05) is 16.4 Å². The molecule has 3 aliphatic carbocycles. The minimum Gasteiger partial charge on any atom is -0.508 e. The average Bonchev–Trinajstić information content (AvgIpc) is 2.64. The van der Waals surface area contributed by atoms with Crippen LogP contribution in [-0.2, 0) is 20.8 Å². The van der Waals surface area contributed by atoms with Gasteiger partial charge in [-0.25, -0.2) is 0 Å². The molecule has 4 atom stereocenters. The number of nitrogens with zero attached hydrogens (tertiary/aromatic N) is 1. The van der Waals surface area contributed by atoms with E-state index < -0.39 is 57.0 Å². The molecule has 1 fully saturated rings. The van der Waals surface area contributed by atoms with Crippen LogP contribution in [0.15, 0.2) is 35.1 Å². The maximum atomic E-state index is 13.9. The fourth-order valence-corrected chi connectivity index (χ4v) is 6.28. The Labute approximate surface area is 184 Å². The van der Waals surface area contributed by atoms with Gasteiger partial charge in [0.2, 0.25) is 5.78 Å². The van der Waals surface area contributed by atoms with E-state index in [0.29, 0.717) is 5.56 Å². The summed E-state index contributed by atoms with van der Waals surface area (Å²) in [5.41, 5.74) is -0.255. The SMILES string of the molecule is CN(C)[C@@H]1C(=O)C(C(N)=O)=C(O)[C@@]2(O)C(=O)C3=C(O)c4c(O)cccc4C[C@@]3(C)C[C@@]12C. The Morgan fingerprint density at radius 2 is 1.78 bits per heavy atom. The number of likely N-dealkylation sites (N-methyl/N-ethyl adjacent to an activating group) is 1. The summed E-state index contributed by atoms with van der Waals surface area (Å²) in [7, 11) is 3.14. The van der Waals surface area contributed by atoms with E-state index >= 15 is 0 Å². The molecular weight excluding hydrogens is 416 g/mol. The lowest BCUT2D eigenvalue weighted by molar-refractivity contribution is -0.175. The van der Waals surface area contributed by atoms with E-state index in [-0.39, 0.29) is 29.7 Å². The number of aliphatic hydroxyl groups is 3. The molecule has 6 N–H and O–H groups in total. The van der Waals surface area contributed by atoms with Gasteiger partial charge in [-0.1, -0.05) is 26.0 Å². The standard InChI is InChI=1S/C23H26N2O7/c1-21-8-10-6-5-7-11(26)12(10)15(27)14(21)19(30)23(32)18(29)13(20(24)31)16(28)17(25(3)4)22(23,2)9-21/h5-7,17,26-27,29,32H,8-9H2,1-4H3,(H2,24,31)/t17-,21+,22+,23-/m1/s1. The van der Waals surface area contributed by atoms with Crippen LogP contribution in [0.1, 0.15) is 31.4 Å². The summed E-state index contributed by atoms with van der Waals surface area (Å²) in [6.45, 7) is 3.24. The first-order valence-corrected chi connectivity index (χ1v) is 10.2. The van der Waals surface area contributed by atoms with E-state index in [9.17, 15) is 34.8 Å². The number of aromatic hydroxyl groups is 1. The number of hydrogen-bond donors (Lipinski definition) is 5. The number of amides is 1. The molecule has 1 amide bonds. The van der Waals surface area contributed by atoms with Crippen molar-refractivity contribution in [2.45, 2.75) is 38.3 Å². The fourth-order valence-electron chi connectivity index (χ4n) is 6.28. The predicted octanol–water partition coefficient (Wildman–Crippen LogP) is 0.744. The molecule has 1 aromatic carbocycles. The number of hydrogen-bond acceptors (Lipinski definition) is 8. The van der Waals surface area contributed by atoms with Gasteiger partial charge in [-0.2, -0.15) is 0 Å². The van der Waals surface area contributed by atoms with Crippen molar-refractivity contribution in [3.8, 4) is 5.75 Å². The summed E-state index contributed by atoms with van der Waals surface area (Å²) in [6, 6.07) is 3.56. The molecule has 0 bridgehead atoms. The molecular formula is C23H26N2O7. The third-order valence-electron chi connectivity index (χ3n) is 7.37. The minimum atomic E-state index is -2.69. The van der Waals surface area contributed by atoms with Crippen molar-refractivity contribution in [2.75, 3.05) is 14.1 Å². The van der Waals surface area contributed by atoms with Crippen molar-refractivity contribution < 1.29 is 34.8 Å². The van der Waals surface area contributed by atoms with Gasteiger partial charge in [-0.15, -0.1) is 0 Å². The van der Waals surface area contributed by atoms with Crippen LogP contribution < -0.4 is 5.73 Å². The quantitative estimate of drug-likeness (QED) is 0.419. The third kappa shape index (κ3) is 2.37. The molecule has 0 radical (unpaired) electrons. The Kier molecular flexibility index (Phi) is 4.43. The normalized spacial score (nSPS) is 34.4. The second-order valence-electron chi connectivity index (χ2n) is 9.72. The molecule has 4 rings (SSSR count). The first kappa shape index (κ1) is 22.0. The summed E-state index contributed by atoms with van der Waals surface area (Å²) >= 11 is 0. The van der Waals surface area contributed by atoms with Crippen molar-refractivity contribution in [1.82, 2.24) is 4.90 Å². The molecule has 32 heavy (non-hydrogen) atoms. The number of Topliss-reactive ketones (excluding diaryl/α,β-unsaturated/α-hetero) is 2. The van der Waals surface area contributed by atoms with Gasteiger partial charge in [0.15, 0.2) is 11.4 Å². The highest BCUT2D eigenvalue weighted by molar-refractivity contribution is 6.25. The summed E-state index contributed by atoms with van der Waals surface area (Å²) in [4.78, 5) is 40.6. The summed E-state index contributed by atoms with van der Waals surface area (Å²) in [5, 5.41) is 44.1. The molecule has 0 heterocycles. The Morgan fingerprint density at radius 1 is 1.16 bits per heavy atom. The number of carbonyl (C=O) groups excluding carboxylic acids is 3. The minimum absolute atomic E-state index is 0.0153. The molecule has 9 nitrogen and oxygen atoms in total. The lowest BCUT2D eigenvalue weighted by Crippen LogP contribution is -2.72. The molecule has 1 aromatic rings. The number of phenolic OH excluding ortho intramolecular Hbond substituents is 1. The van der Waals surface area contributed by atoms with Crippen molar-refractivity contribution in [3.63, 3.8) is 0 Å². The zero-order valence-corrected chi connectivity index (χ0v) is 18.3. The van der Waals surface area contributed by atoms with E-state index in [4.69, 9.17) is 5.73 Å². The van der Waals surface area contributed by atoms with Crippen LogP contribution in [-0.4, -0.2) is 68.5 Å². The van der Waals surface area contributed by atoms with Crippen LogP contribution in [0.3, 0.4) is 0 Å². The topological polar surface area (TPSA) is 161 Å². The van der Waals surface area contributed by atoms with Crippen molar-refractivity contribution in [2.24, 2.45) is 16.6 Å². The van der Waals surface area contributed by atoms with Crippen molar-refractivity contribution in [3.05, 3.63) is 46.2 Å². The Balaban J connectivity index is 2.09. The second-order valence-corrected chi connectivity index (χ2v) is 9.72. The number of fused-ring (bicyclic) bond motifs is 3. The van der Waals surface area contributed by atoms with E-state index in [1.165, 1.54) is 17.9 Å². The van der Waals surface area contributed by atoms with Gasteiger partial charge < -0.3 is 26.2 Å². The predicted molar refractivity (Wildman–Crippen MR) is 113 cm³/mol. The zero-order chi connectivity index (χ0) is 24.0. The molecule has 1 saturated carbocycles. The molecule has 9 heteroatoms. The van der Waals surface area contributed by atoms with Gasteiger partial charge in [0.05, 0.1) is 11.6 Å². The maximum Gasteiger partial charge on any atom is 0.255 e. The number of aliphatic hydroxyl groups excluding tert-OH is 2. The van der Waals surface area contributed by atoms with E-state index in [1.807, 2.05) is 0 Å². The number of ketones is 2. The molecule has 0 aromatic heterocycles. The molecule has 0 saturated heterocycles. The van der Waals surface area contributed by atoms with Gasteiger partial charge in [-0.05, 0) is 38.6 Å². The van der Waals surface area contributed by atoms with E-state index in [0.717, 1.165) is 0 Å². The first-order valence-electron chi connectivity index (χ1n) is 10.2. The second kappa shape index (κ2) is 6.43. The highest BCUT2D eigenvalue weighted by Crippen LogP contribution is 2.62. The van der Waals surface area contributed by atoms with Gasteiger partial charge in [-0.3, -0.25) is 19.3 Å². The van der Waals surface area contributed by atoms with Crippen LogP contribution in [0.4, 0.5) is 0 Å². The zero-order valence-electron chi connectivity index (χ0n) is 18.3. The summed E-state index contributed by atoms with van der Waals surface area (Å²) < 4.78 is 0. The van der Waals surface area contributed by atoms with Crippen LogP contribution in [0.25, 0.3) is 5.76 Å². The molecule has 0 unspecified atom stereocenters. The lowest BCUT2D eigenvalue weighted by atomic mass is 9.46. The number of rotatable bonds is 2. The number of benzene rings is 1. The van der Waals surface area contributed by atoms with E-state index in [1.54, 1.807) is 33.2 Å². The fraction of sp³-hybridized carbons (Fsp3) is 0.435. The van der Waals surface area contributed by atoms with Crippen molar-refractivity contribution in [1.29, 1.82) is 0 Å².